The topological polar surface area (TPSA) is 93.1 Å². The number of benzene rings is 3. The summed E-state index contributed by atoms with van der Waals surface area (Å²) < 4.78 is 29.6. The minimum atomic E-state index is -0.183. The molecule has 0 saturated carbocycles. The second-order valence-electron chi connectivity index (χ2n) is 9.18. The molecule has 9 nitrogen and oxygen atoms in total. The van der Waals surface area contributed by atoms with Gasteiger partial charge in [0.05, 0.1) is 46.0 Å². The zero-order valence-electron chi connectivity index (χ0n) is 23.6. The normalized spacial score (nSPS) is 10.8. The molecule has 0 bridgehead atoms. The van der Waals surface area contributed by atoms with E-state index in [0.717, 1.165) is 54.0 Å². The molecule has 212 valence electrons. The van der Waals surface area contributed by atoms with Gasteiger partial charge in [-0.3, -0.25) is 4.79 Å². The van der Waals surface area contributed by atoms with E-state index in [2.05, 4.69) is 16.0 Å². The summed E-state index contributed by atoms with van der Waals surface area (Å²) in [6.45, 7) is 1.78. The molecule has 0 unspecified atom stereocenters. The van der Waals surface area contributed by atoms with Crippen molar-refractivity contribution in [3.05, 3.63) is 72.1 Å². The third kappa shape index (κ3) is 6.97. The van der Waals surface area contributed by atoms with E-state index in [1.807, 2.05) is 42.5 Å². The monoisotopic (exact) mass is 547 g/mol. The number of ether oxygens (including phenoxy) is 5. The Morgan fingerprint density at radius 2 is 1.57 bits per heavy atom. The maximum atomic E-state index is 12.7. The van der Waals surface area contributed by atoms with Crippen molar-refractivity contribution in [3.63, 3.8) is 0 Å². The van der Waals surface area contributed by atoms with Crippen LogP contribution < -0.4 is 29.0 Å². The number of rotatable bonds is 15. The van der Waals surface area contributed by atoms with Gasteiger partial charge in [-0.25, -0.2) is 4.98 Å². The largest absolute Gasteiger partial charge is 0.497 e. The van der Waals surface area contributed by atoms with E-state index < -0.39 is 0 Å². The predicted octanol–water partition coefficient (Wildman–Crippen LogP) is 5.29. The lowest BCUT2D eigenvalue weighted by atomic mass is 10.1. The molecule has 0 aliphatic heterocycles. The number of fused-ring (bicyclic) bond motifs is 1. The summed E-state index contributed by atoms with van der Waals surface area (Å²) in [7, 11) is 6.24. The molecule has 4 aromatic rings. The minimum absolute atomic E-state index is 0.183. The maximum absolute atomic E-state index is 12.7. The Labute approximate surface area is 235 Å². The number of nitrogens with zero attached hydrogens (tertiary/aromatic N) is 2. The average Bonchev–Trinajstić information content (AvgIpc) is 3.35. The fraction of sp³-hybridized carbons (Fsp3) is 0.355. The molecule has 0 aliphatic carbocycles. The number of carbonyl (C=O) groups is 1. The van der Waals surface area contributed by atoms with Crippen molar-refractivity contribution in [2.75, 3.05) is 41.6 Å². The summed E-state index contributed by atoms with van der Waals surface area (Å²) in [5.74, 6) is 3.76. The first-order valence-corrected chi connectivity index (χ1v) is 13.4. The van der Waals surface area contributed by atoms with Gasteiger partial charge in [0.2, 0.25) is 5.75 Å². The maximum Gasteiger partial charge on any atom is 0.251 e. The molecule has 4 rings (SSSR count). The van der Waals surface area contributed by atoms with E-state index in [-0.39, 0.29) is 5.91 Å². The lowest BCUT2D eigenvalue weighted by molar-refractivity contribution is 0.0952. The van der Waals surface area contributed by atoms with Crippen molar-refractivity contribution in [2.24, 2.45) is 0 Å². The smallest absolute Gasteiger partial charge is 0.251 e. The van der Waals surface area contributed by atoms with Crippen LogP contribution in [0.1, 0.15) is 35.4 Å². The molecular weight excluding hydrogens is 510 g/mol. The van der Waals surface area contributed by atoms with Gasteiger partial charge in [-0.1, -0.05) is 24.6 Å². The quantitative estimate of drug-likeness (QED) is 0.202. The van der Waals surface area contributed by atoms with Crippen molar-refractivity contribution < 1.29 is 28.5 Å². The number of carbonyl (C=O) groups excluding carboxylic acids is 1. The van der Waals surface area contributed by atoms with Crippen LogP contribution in [0, 0.1) is 0 Å². The Morgan fingerprint density at radius 1 is 0.825 bits per heavy atom. The summed E-state index contributed by atoms with van der Waals surface area (Å²) in [4.78, 5) is 17.6. The molecule has 0 atom stereocenters. The van der Waals surface area contributed by atoms with E-state index in [1.165, 1.54) is 21.3 Å². The second-order valence-corrected chi connectivity index (χ2v) is 9.18. The highest BCUT2D eigenvalue weighted by Gasteiger charge is 2.17. The third-order valence-corrected chi connectivity index (χ3v) is 6.65. The zero-order valence-corrected chi connectivity index (χ0v) is 23.6. The number of hydrogen-bond acceptors (Lipinski definition) is 7. The van der Waals surface area contributed by atoms with Crippen LogP contribution in [0.15, 0.2) is 60.7 Å². The van der Waals surface area contributed by atoms with E-state index in [0.29, 0.717) is 42.5 Å². The first-order chi connectivity index (χ1) is 19.6. The number of aromatic nitrogens is 2. The fourth-order valence-corrected chi connectivity index (χ4v) is 4.61. The Balaban J connectivity index is 1.28. The molecule has 0 aliphatic rings. The number of aryl methyl sites for hydroxylation is 1. The van der Waals surface area contributed by atoms with Crippen LogP contribution in [-0.2, 0) is 13.0 Å². The fourth-order valence-electron chi connectivity index (χ4n) is 4.61. The van der Waals surface area contributed by atoms with E-state index in [9.17, 15) is 4.79 Å². The molecule has 1 aromatic heterocycles. The summed E-state index contributed by atoms with van der Waals surface area (Å²) in [6, 6.07) is 19.1. The number of amides is 1. The van der Waals surface area contributed by atoms with Crippen LogP contribution in [0.2, 0.25) is 0 Å². The average molecular weight is 548 g/mol. The molecule has 0 radical (unpaired) electrons. The molecule has 3 aromatic carbocycles. The lowest BCUT2D eigenvalue weighted by Crippen LogP contribution is -2.24. The molecule has 0 spiro atoms. The van der Waals surface area contributed by atoms with Crippen molar-refractivity contribution in [1.29, 1.82) is 0 Å². The molecule has 1 amide bonds. The van der Waals surface area contributed by atoms with Gasteiger partial charge in [0.15, 0.2) is 11.5 Å². The van der Waals surface area contributed by atoms with Crippen LogP contribution >= 0.6 is 0 Å². The Bertz CT molecular complexity index is 1390. The van der Waals surface area contributed by atoms with Gasteiger partial charge in [-0.15, -0.1) is 0 Å². The van der Waals surface area contributed by atoms with Gasteiger partial charge in [0.1, 0.15) is 23.9 Å². The van der Waals surface area contributed by atoms with Crippen LogP contribution in [0.4, 0.5) is 0 Å². The van der Waals surface area contributed by atoms with Gasteiger partial charge in [0.25, 0.3) is 5.91 Å². The minimum Gasteiger partial charge on any atom is -0.497 e. The van der Waals surface area contributed by atoms with Crippen molar-refractivity contribution in [3.8, 4) is 28.7 Å². The number of methoxy groups -OCH3 is 4. The van der Waals surface area contributed by atoms with Gasteiger partial charge in [-0.05, 0) is 49.2 Å². The number of para-hydroxylation sites is 2. The zero-order chi connectivity index (χ0) is 28.3. The molecule has 0 fully saturated rings. The van der Waals surface area contributed by atoms with E-state index in [1.54, 1.807) is 19.2 Å². The van der Waals surface area contributed by atoms with E-state index >= 15 is 0 Å². The number of imidazole rings is 1. The van der Waals surface area contributed by atoms with Gasteiger partial charge >= 0.3 is 0 Å². The molecule has 9 heteroatoms. The van der Waals surface area contributed by atoms with Crippen LogP contribution in [0.3, 0.4) is 0 Å². The Hall–Kier alpha value is -4.40. The molecular formula is C31H37N3O6. The molecule has 40 heavy (non-hydrogen) atoms. The molecule has 1 N–H and O–H groups in total. The highest BCUT2D eigenvalue weighted by molar-refractivity contribution is 5.95. The summed E-state index contributed by atoms with van der Waals surface area (Å²) in [5.41, 5.74) is 2.54. The Kier molecular flexibility index (Phi) is 10.1. The van der Waals surface area contributed by atoms with E-state index in [4.69, 9.17) is 28.7 Å². The van der Waals surface area contributed by atoms with Gasteiger partial charge in [-0.2, -0.15) is 0 Å². The highest BCUT2D eigenvalue weighted by Crippen LogP contribution is 2.38. The first kappa shape index (κ1) is 28.6. The molecule has 1 heterocycles. The first-order valence-electron chi connectivity index (χ1n) is 13.4. The van der Waals surface area contributed by atoms with Crippen LogP contribution in [0.5, 0.6) is 28.7 Å². The van der Waals surface area contributed by atoms with Gasteiger partial charge in [0, 0.05) is 24.6 Å². The van der Waals surface area contributed by atoms with Crippen LogP contribution in [-0.4, -0.2) is 57.0 Å². The van der Waals surface area contributed by atoms with Crippen molar-refractivity contribution in [2.45, 2.75) is 32.2 Å². The number of nitrogens with one attached hydrogen (secondary N) is 1. The highest BCUT2D eigenvalue weighted by atomic mass is 16.5. The van der Waals surface area contributed by atoms with Crippen LogP contribution in [0.25, 0.3) is 11.0 Å². The number of hydrogen-bond donors (Lipinski definition) is 1. The predicted molar refractivity (Wildman–Crippen MR) is 154 cm³/mol. The van der Waals surface area contributed by atoms with Crippen molar-refractivity contribution in [1.82, 2.24) is 14.9 Å². The third-order valence-electron chi connectivity index (χ3n) is 6.65. The lowest BCUT2D eigenvalue weighted by Gasteiger charge is -2.14. The number of unbranched alkanes of at least 4 members (excludes halogenated alkanes) is 2. The van der Waals surface area contributed by atoms with Crippen molar-refractivity contribution >= 4 is 16.9 Å². The summed E-state index contributed by atoms with van der Waals surface area (Å²) >= 11 is 0. The van der Waals surface area contributed by atoms with Gasteiger partial charge < -0.3 is 33.6 Å². The molecule has 0 saturated heterocycles. The SMILES string of the molecule is COc1cccc(OCCn2c(CCCCCNC(=O)c3cc(OC)c(OC)c(OC)c3)nc3ccccc32)c1. The standard InChI is InChI=1S/C31H37N3O6/c1-36-23-11-10-12-24(21-23)40-18-17-34-26-14-8-7-13-25(26)33-29(34)15-6-5-9-16-32-31(35)22-19-27(37-2)30(39-4)28(20-22)38-3/h7-8,10-14,19-21H,5-6,9,15-18H2,1-4H3,(H,32,35). The summed E-state index contributed by atoms with van der Waals surface area (Å²) in [5, 5.41) is 2.99. The summed E-state index contributed by atoms with van der Waals surface area (Å²) in [6.07, 6.45) is 3.61. The Morgan fingerprint density at radius 3 is 2.30 bits per heavy atom. The second kappa shape index (κ2) is 14.1.